The number of benzene rings is 1. The molecule has 0 amide bonds. The second-order valence-corrected chi connectivity index (χ2v) is 3.70. The highest BCUT2D eigenvalue weighted by Crippen LogP contribution is 2.37. The van der Waals surface area contributed by atoms with Gasteiger partial charge in [0.05, 0.1) is 17.6 Å². The van der Waals surface area contributed by atoms with E-state index in [1.165, 1.54) is 0 Å². The molecule has 0 aliphatic carbocycles. The molecule has 3 N–H and O–H groups in total. The Morgan fingerprint density at radius 2 is 2.05 bits per heavy atom. The average Bonchev–Trinajstić information content (AvgIpc) is 2.34. The maximum atomic E-state index is 12.6. The summed E-state index contributed by atoms with van der Waals surface area (Å²) in [5, 5.41) is 30.5. The summed E-state index contributed by atoms with van der Waals surface area (Å²) in [5.41, 5.74) is -2.45. The van der Waals surface area contributed by atoms with E-state index in [9.17, 15) is 23.3 Å². The van der Waals surface area contributed by atoms with Gasteiger partial charge in [-0.15, -0.1) is 0 Å². The minimum Gasteiger partial charge on any atom is -0.394 e. The van der Waals surface area contributed by atoms with Crippen molar-refractivity contribution < 1.29 is 28.3 Å². The normalized spacial score (nSPS) is 13.1. The largest absolute Gasteiger partial charge is 0.423 e. The zero-order valence-electron chi connectivity index (χ0n) is 9.52. The van der Waals surface area contributed by atoms with Gasteiger partial charge in [0.2, 0.25) is 0 Å². The average molecular weight is 280 g/mol. The molecule has 1 aromatic carbocycles. The van der Waals surface area contributed by atoms with E-state index >= 15 is 0 Å². The van der Waals surface area contributed by atoms with E-state index in [1.54, 1.807) is 0 Å². The zero-order valence-corrected chi connectivity index (χ0v) is 9.52. The number of nitrogens with zero attached hydrogens (tertiary/aromatic N) is 1. The second-order valence-electron chi connectivity index (χ2n) is 3.70. The molecule has 1 atom stereocenters. The summed E-state index contributed by atoms with van der Waals surface area (Å²) >= 11 is 0. The third kappa shape index (κ3) is 4.07. The van der Waals surface area contributed by atoms with E-state index in [0.29, 0.717) is 6.07 Å². The molecule has 106 valence electrons. The number of nitro benzene ring substituents is 1. The Morgan fingerprint density at radius 1 is 1.42 bits per heavy atom. The van der Waals surface area contributed by atoms with Crippen LogP contribution >= 0.6 is 0 Å². The van der Waals surface area contributed by atoms with Crippen LogP contribution in [0, 0.1) is 10.1 Å². The van der Waals surface area contributed by atoms with Crippen LogP contribution < -0.4 is 5.32 Å². The van der Waals surface area contributed by atoms with Crippen molar-refractivity contribution in [3.63, 3.8) is 0 Å². The maximum Gasteiger partial charge on any atom is 0.423 e. The van der Waals surface area contributed by atoms with Crippen LogP contribution in [0.15, 0.2) is 18.2 Å². The number of nitro groups is 1. The molecular formula is C10H11F3N2O4. The minimum absolute atomic E-state index is 0.0366. The van der Waals surface area contributed by atoms with Crippen molar-refractivity contribution in [2.24, 2.45) is 0 Å². The number of aliphatic hydroxyl groups excluding tert-OH is 2. The molecule has 0 fully saturated rings. The molecule has 0 aliphatic rings. The third-order valence-electron chi connectivity index (χ3n) is 2.25. The number of aliphatic hydroxyl groups is 2. The molecule has 19 heavy (non-hydrogen) atoms. The highest BCUT2D eigenvalue weighted by Gasteiger charge is 2.38. The summed E-state index contributed by atoms with van der Waals surface area (Å²) in [6.07, 6.45) is -5.99. The monoisotopic (exact) mass is 280 g/mol. The molecule has 0 heterocycles. The predicted molar refractivity (Wildman–Crippen MR) is 59.7 cm³/mol. The smallest absolute Gasteiger partial charge is 0.394 e. The zero-order chi connectivity index (χ0) is 14.6. The Balaban J connectivity index is 3.02. The van der Waals surface area contributed by atoms with E-state index in [1.807, 2.05) is 0 Å². The summed E-state index contributed by atoms with van der Waals surface area (Å²) < 4.78 is 37.9. The van der Waals surface area contributed by atoms with Gasteiger partial charge in [-0.3, -0.25) is 10.1 Å². The van der Waals surface area contributed by atoms with Crippen LogP contribution in [0.1, 0.15) is 5.56 Å². The van der Waals surface area contributed by atoms with Crippen molar-refractivity contribution in [1.82, 2.24) is 0 Å². The number of anilines is 1. The van der Waals surface area contributed by atoms with E-state index in [2.05, 4.69) is 5.32 Å². The van der Waals surface area contributed by atoms with Crippen LogP contribution in [0.25, 0.3) is 0 Å². The number of halogens is 3. The number of nitrogens with one attached hydrogen (secondary N) is 1. The molecule has 0 aromatic heterocycles. The van der Waals surface area contributed by atoms with Crippen molar-refractivity contribution in [3.8, 4) is 0 Å². The standard InChI is InChI=1S/C10H11F3N2O4/c11-10(12,13)8-3-6(14-4-7(17)5-16)1-2-9(8)15(18)19/h1-3,7,14,16-17H,4-5H2. The molecule has 0 bridgehead atoms. The lowest BCUT2D eigenvalue weighted by atomic mass is 10.1. The fraction of sp³-hybridized carbons (Fsp3) is 0.400. The molecule has 1 rings (SSSR count). The van der Waals surface area contributed by atoms with Crippen LogP contribution in [0.4, 0.5) is 24.5 Å². The minimum atomic E-state index is -4.85. The molecule has 0 spiro atoms. The van der Waals surface area contributed by atoms with Gasteiger partial charge in [-0.25, -0.2) is 0 Å². The summed E-state index contributed by atoms with van der Waals surface area (Å²) in [6, 6.07) is 2.41. The van der Waals surface area contributed by atoms with Gasteiger partial charge in [-0.2, -0.15) is 13.2 Å². The molecule has 0 aliphatic heterocycles. The highest BCUT2D eigenvalue weighted by atomic mass is 19.4. The highest BCUT2D eigenvalue weighted by molar-refractivity contribution is 5.55. The van der Waals surface area contributed by atoms with Crippen molar-refractivity contribution in [2.75, 3.05) is 18.5 Å². The lowest BCUT2D eigenvalue weighted by Gasteiger charge is -2.13. The first-order chi connectivity index (χ1) is 8.75. The topological polar surface area (TPSA) is 95.6 Å². The van der Waals surface area contributed by atoms with Gasteiger partial charge in [0, 0.05) is 18.3 Å². The van der Waals surface area contributed by atoms with Crippen LogP contribution in [0.3, 0.4) is 0 Å². The molecule has 6 nitrogen and oxygen atoms in total. The van der Waals surface area contributed by atoms with Gasteiger partial charge in [-0.1, -0.05) is 0 Å². The Hall–Kier alpha value is -1.87. The van der Waals surface area contributed by atoms with Crippen LogP contribution in [0.2, 0.25) is 0 Å². The third-order valence-corrected chi connectivity index (χ3v) is 2.25. The molecule has 1 aromatic rings. The van der Waals surface area contributed by atoms with E-state index in [-0.39, 0.29) is 12.2 Å². The SMILES string of the molecule is O=[N+]([O-])c1ccc(NCC(O)CO)cc1C(F)(F)F. The maximum absolute atomic E-state index is 12.6. The molecule has 0 saturated heterocycles. The molecular weight excluding hydrogens is 269 g/mol. The summed E-state index contributed by atoms with van der Waals surface area (Å²) in [5.74, 6) is 0. The first-order valence-corrected chi connectivity index (χ1v) is 5.14. The first kappa shape index (κ1) is 15.2. The van der Waals surface area contributed by atoms with Crippen molar-refractivity contribution in [3.05, 3.63) is 33.9 Å². The number of rotatable bonds is 5. The molecule has 0 saturated carbocycles. The number of hydrogen-bond acceptors (Lipinski definition) is 5. The van der Waals surface area contributed by atoms with E-state index in [0.717, 1.165) is 12.1 Å². The van der Waals surface area contributed by atoms with Crippen molar-refractivity contribution in [1.29, 1.82) is 0 Å². The van der Waals surface area contributed by atoms with Crippen LogP contribution in [-0.2, 0) is 6.18 Å². The van der Waals surface area contributed by atoms with Gasteiger partial charge < -0.3 is 15.5 Å². The predicted octanol–water partition coefficient (Wildman–Crippen LogP) is 1.38. The van der Waals surface area contributed by atoms with Crippen LogP contribution in [-0.4, -0.2) is 34.4 Å². The van der Waals surface area contributed by atoms with Crippen molar-refractivity contribution in [2.45, 2.75) is 12.3 Å². The molecule has 1 unspecified atom stereocenters. The lowest BCUT2D eigenvalue weighted by Crippen LogP contribution is -2.23. The quantitative estimate of drug-likeness (QED) is 0.559. The first-order valence-electron chi connectivity index (χ1n) is 5.14. The summed E-state index contributed by atoms with van der Waals surface area (Å²) in [4.78, 5) is 9.39. The summed E-state index contributed by atoms with van der Waals surface area (Å²) in [6.45, 7) is -0.724. The fourth-order valence-corrected chi connectivity index (χ4v) is 1.33. The Labute approximate surface area is 105 Å². The molecule has 0 radical (unpaired) electrons. The van der Waals surface area contributed by atoms with E-state index in [4.69, 9.17) is 10.2 Å². The van der Waals surface area contributed by atoms with Gasteiger partial charge >= 0.3 is 6.18 Å². The number of alkyl halides is 3. The summed E-state index contributed by atoms with van der Waals surface area (Å²) in [7, 11) is 0. The lowest BCUT2D eigenvalue weighted by molar-refractivity contribution is -0.388. The Kier molecular flexibility index (Phi) is 4.67. The van der Waals surface area contributed by atoms with Crippen molar-refractivity contribution >= 4 is 11.4 Å². The van der Waals surface area contributed by atoms with Gasteiger partial charge in [0.15, 0.2) is 0 Å². The fourth-order valence-electron chi connectivity index (χ4n) is 1.33. The Bertz CT molecular complexity index is 465. The van der Waals surface area contributed by atoms with Gasteiger partial charge in [0.25, 0.3) is 5.69 Å². The van der Waals surface area contributed by atoms with E-state index < -0.39 is 35.1 Å². The van der Waals surface area contributed by atoms with Gasteiger partial charge in [0.1, 0.15) is 5.56 Å². The molecule has 9 heteroatoms. The number of hydrogen-bond donors (Lipinski definition) is 3. The van der Waals surface area contributed by atoms with Crippen LogP contribution in [0.5, 0.6) is 0 Å². The second kappa shape index (κ2) is 5.85. The van der Waals surface area contributed by atoms with Gasteiger partial charge in [-0.05, 0) is 12.1 Å². The Morgan fingerprint density at radius 3 is 2.53 bits per heavy atom.